The first-order valence-electron chi connectivity index (χ1n) is 7.46. The van der Waals surface area contributed by atoms with Gasteiger partial charge in [-0.15, -0.1) is 0 Å². The van der Waals surface area contributed by atoms with Crippen LogP contribution in [0, 0.1) is 0 Å². The van der Waals surface area contributed by atoms with Crippen molar-refractivity contribution in [2.24, 2.45) is 0 Å². The number of carbonyl (C=O) groups excluding carboxylic acids is 1. The molecule has 0 aromatic rings. The number of carbonyl (C=O) groups is 1. The smallest absolute Gasteiger partial charge is 0.341 e. The highest BCUT2D eigenvalue weighted by atomic mass is 16.6. The van der Waals surface area contributed by atoms with Gasteiger partial charge in [-0.05, 0) is 12.8 Å². The Balaban J connectivity index is 2.07. The second kappa shape index (κ2) is 8.92. The minimum Gasteiger partial charge on any atom is -0.425 e. The molecule has 1 rings (SSSR count). The number of allylic oxidation sites excluding steroid dienone is 1. The van der Waals surface area contributed by atoms with E-state index in [1.54, 1.807) is 6.08 Å². The third-order valence-electron chi connectivity index (χ3n) is 3.48. The molecule has 3 heteroatoms. The number of hydrogen-bond donors (Lipinski definition) is 1. The van der Waals surface area contributed by atoms with E-state index in [-0.39, 0.29) is 5.76 Å². The van der Waals surface area contributed by atoms with Gasteiger partial charge in [0.2, 0.25) is 0 Å². The zero-order valence-corrected chi connectivity index (χ0v) is 12.0. The number of rotatable bonds is 9. The van der Waals surface area contributed by atoms with Crippen molar-refractivity contribution in [1.82, 2.24) is 0 Å². The Labute approximate surface area is 116 Å². The van der Waals surface area contributed by atoms with E-state index in [1.165, 1.54) is 44.9 Å². The van der Waals surface area contributed by atoms with Gasteiger partial charge in [0.25, 0.3) is 0 Å². The molecule has 0 saturated carbocycles. The van der Waals surface area contributed by atoms with Crippen molar-refractivity contribution in [2.45, 2.75) is 70.8 Å². The van der Waals surface area contributed by atoms with Crippen molar-refractivity contribution < 1.29 is 14.6 Å². The van der Waals surface area contributed by atoms with Gasteiger partial charge in [-0.1, -0.05) is 64.5 Å². The highest BCUT2D eigenvalue weighted by Crippen LogP contribution is 2.23. The van der Waals surface area contributed by atoms with E-state index in [9.17, 15) is 9.90 Å². The molecule has 108 valence electrons. The highest BCUT2D eigenvalue weighted by molar-refractivity contribution is 5.93. The van der Waals surface area contributed by atoms with Gasteiger partial charge in [0.05, 0.1) is 5.57 Å². The normalized spacial score (nSPS) is 21.2. The van der Waals surface area contributed by atoms with E-state index < -0.39 is 12.1 Å². The highest BCUT2D eigenvalue weighted by Gasteiger charge is 2.32. The van der Waals surface area contributed by atoms with Gasteiger partial charge < -0.3 is 9.84 Å². The zero-order valence-electron chi connectivity index (χ0n) is 12.0. The van der Waals surface area contributed by atoms with Crippen LogP contribution in [0.4, 0.5) is 0 Å². The summed E-state index contributed by atoms with van der Waals surface area (Å²) in [6.07, 6.45) is 11.8. The van der Waals surface area contributed by atoms with E-state index in [2.05, 4.69) is 13.5 Å². The molecule has 1 saturated heterocycles. The summed E-state index contributed by atoms with van der Waals surface area (Å²) in [5, 5.41) is 9.64. The molecular weight excluding hydrogens is 240 g/mol. The monoisotopic (exact) mass is 266 g/mol. The van der Waals surface area contributed by atoms with Crippen molar-refractivity contribution >= 4 is 5.97 Å². The van der Waals surface area contributed by atoms with E-state index in [1.807, 2.05) is 0 Å². The molecule has 1 aliphatic heterocycles. The van der Waals surface area contributed by atoms with E-state index >= 15 is 0 Å². The standard InChI is InChI=1S/C16H26O3/c1-3-4-5-6-7-8-9-10-11-12-14-15(17)13(2)19-16(14)18/h12,15,17H,2-11H2,1H3/b14-12+. The van der Waals surface area contributed by atoms with Crippen LogP contribution < -0.4 is 0 Å². The van der Waals surface area contributed by atoms with Gasteiger partial charge in [0.1, 0.15) is 11.9 Å². The summed E-state index contributed by atoms with van der Waals surface area (Å²) in [4.78, 5) is 11.4. The Kier molecular flexibility index (Phi) is 7.49. The number of aliphatic hydroxyl groups excluding tert-OH is 1. The molecule has 3 nitrogen and oxygen atoms in total. The fraction of sp³-hybridized carbons (Fsp3) is 0.688. The Morgan fingerprint density at radius 1 is 1.16 bits per heavy atom. The first kappa shape index (κ1) is 16.0. The lowest BCUT2D eigenvalue weighted by Gasteiger charge is -2.01. The first-order valence-corrected chi connectivity index (χ1v) is 7.46. The van der Waals surface area contributed by atoms with Crippen LogP contribution in [-0.2, 0) is 9.53 Å². The average Bonchev–Trinajstić information content (AvgIpc) is 2.63. The molecule has 0 radical (unpaired) electrons. The molecule has 1 heterocycles. The van der Waals surface area contributed by atoms with Gasteiger partial charge >= 0.3 is 5.97 Å². The molecule has 0 aliphatic carbocycles. The largest absolute Gasteiger partial charge is 0.425 e. The van der Waals surface area contributed by atoms with Crippen molar-refractivity contribution in [3.05, 3.63) is 24.0 Å². The van der Waals surface area contributed by atoms with E-state index in [4.69, 9.17) is 4.74 Å². The maximum atomic E-state index is 11.4. The summed E-state index contributed by atoms with van der Waals surface area (Å²) in [5.41, 5.74) is 0.355. The first-order chi connectivity index (χ1) is 9.16. The molecule has 0 aromatic carbocycles. The second-order valence-electron chi connectivity index (χ2n) is 5.18. The number of aliphatic hydroxyl groups is 1. The van der Waals surface area contributed by atoms with Crippen molar-refractivity contribution in [2.75, 3.05) is 0 Å². The van der Waals surface area contributed by atoms with E-state index in [0.29, 0.717) is 5.57 Å². The van der Waals surface area contributed by atoms with Crippen LogP contribution in [0.2, 0.25) is 0 Å². The van der Waals surface area contributed by atoms with Gasteiger partial charge in [-0.2, -0.15) is 0 Å². The topological polar surface area (TPSA) is 46.5 Å². The minimum atomic E-state index is -0.929. The van der Waals surface area contributed by atoms with Gasteiger partial charge in [0.15, 0.2) is 0 Å². The van der Waals surface area contributed by atoms with Gasteiger partial charge in [-0.25, -0.2) is 4.79 Å². The summed E-state index contributed by atoms with van der Waals surface area (Å²) >= 11 is 0. The van der Waals surface area contributed by atoms with Crippen LogP contribution in [0.15, 0.2) is 24.0 Å². The lowest BCUT2D eigenvalue weighted by molar-refractivity contribution is -0.132. The van der Waals surface area contributed by atoms with Crippen LogP contribution in [0.1, 0.15) is 64.7 Å². The Bertz CT molecular complexity index is 331. The molecule has 19 heavy (non-hydrogen) atoms. The fourth-order valence-electron chi connectivity index (χ4n) is 2.25. The molecule has 1 fully saturated rings. The minimum absolute atomic E-state index is 0.146. The summed E-state index contributed by atoms with van der Waals surface area (Å²) in [5.74, 6) is -0.302. The third kappa shape index (κ3) is 5.60. The molecule has 0 bridgehead atoms. The molecular formula is C16H26O3. The zero-order chi connectivity index (χ0) is 14.1. The number of esters is 1. The van der Waals surface area contributed by atoms with Crippen molar-refractivity contribution in [3.8, 4) is 0 Å². The summed E-state index contributed by atoms with van der Waals surface area (Å²) in [6.45, 7) is 5.72. The molecule has 0 amide bonds. The Morgan fingerprint density at radius 3 is 2.26 bits per heavy atom. The van der Waals surface area contributed by atoms with Crippen LogP contribution in [0.25, 0.3) is 0 Å². The Morgan fingerprint density at radius 2 is 1.74 bits per heavy atom. The molecule has 1 aliphatic rings. The van der Waals surface area contributed by atoms with Gasteiger partial charge in [0, 0.05) is 0 Å². The SMILES string of the molecule is C=C1OC(=O)/C(=C/CCCCCCCCCC)C1O. The average molecular weight is 266 g/mol. The lowest BCUT2D eigenvalue weighted by Crippen LogP contribution is -2.07. The van der Waals surface area contributed by atoms with Crippen LogP contribution in [-0.4, -0.2) is 17.2 Å². The molecule has 1 N–H and O–H groups in total. The molecule has 0 spiro atoms. The quantitative estimate of drug-likeness (QED) is 0.391. The van der Waals surface area contributed by atoms with Crippen molar-refractivity contribution in [3.63, 3.8) is 0 Å². The fourth-order valence-corrected chi connectivity index (χ4v) is 2.25. The second-order valence-corrected chi connectivity index (χ2v) is 5.18. The third-order valence-corrected chi connectivity index (χ3v) is 3.48. The van der Waals surface area contributed by atoms with Crippen LogP contribution in [0.5, 0.6) is 0 Å². The summed E-state index contributed by atoms with van der Waals surface area (Å²) < 4.78 is 4.77. The number of cyclic esters (lactones) is 1. The summed E-state index contributed by atoms with van der Waals surface area (Å²) in [6, 6.07) is 0. The lowest BCUT2D eigenvalue weighted by atomic mass is 10.1. The summed E-state index contributed by atoms with van der Waals surface area (Å²) in [7, 11) is 0. The Hall–Kier alpha value is -1.09. The van der Waals surface area contributed by atoms with Crippen LogP contribution >= 0.6 is 0 Å². The molecule has 0 aromatic heterocycles. The van der Waals surface area contributed by atoms with Crippen molar-refractivity contribution in [1.29, 1.82) is 0 Å². The molecule has 1 unspecified atom stereocenters. The number of unbranched alkanes of at least 4 members (excludes halogenated alkanes) is 8. The maximum Gasteiger partial charge on any atom is 0.341 e. The predicted molar refractivity (Wildman–Crippen MR) is 76.5 cm³/mol. The predicted octanol–water partition coefficient (Wildman–Crippen LogP) is 3.88. The van der Waals surface area contributed by atoms with Crippen LogP contribution in [0.3, 0.4) is 0 Å². The number of hydrogen-bond acceptors (Lipinski definition) is 3. The maximum absolute atomic E-state index is 11.4. The number of ether oxygens (including phenoxy) is 1. The van der Waals surface area contributed by atoms with E-state index in [0.717, 1.165) is 12.8 Å². The molecule has 1 atom stereocenters. The van der Waals surface area contributed by atoms with Gasteiger partial charge in [-0.3, -0.25) is 0 Å².